The maximum Gasteiger partial charge on any atom is 0.148 e. The van der Waals surface area contributed by atoms with Crippen LogP contribution in [-0.4, -0.2) is 19.6 Å². The largest absolute Gasteiger partial charge is 0.507 e. The monoisotopic (exact) mass is 951 g/mol. The van der Waals surface area contributed by atoms with E-state index in [9.17, 15) is 5.11 Å². The number of aryl methyl sites for hydroxylation is 3. The standard InChI is InChI=1S/C53H50N3O.Pt/c1-33-18-20-36(21-19-33)38-24-25-54-46(31-38)40-28-39(29-42(30-40)53(7,8)9)43-16-13-17-48-49(43)55-51(45-27-34(2)26-35(3)50(45)57)56(48)47-23-22-41(52(4,5)6)32-44(47)37-14-11-10-12-15-37;/h10-27,29-32,57H,1-9H3;/q-1;/i1D3,4D3,5D3,6D3;. The summed E-state index contributed by atoms with van der Waals surface area (Å²) in [5, 5.41) is 11.8. The third kappa shape index (κ3) is 7.83. The van der Waals surface area contributed by atoms with Gasteiger partial charge in [-0.15, -0.1) is 29.3 Å². The van der Waals surface area contributed by atoms with Gasteiger partial charge in [0.2, 0.25) is 0 Å². The Hall–Kier alpha value is -5.57. The van der Waals surface area contributed by atoms with Crippen LogP contribution < -0.4 is 0 Å². The average Bonchev–Trinajstić information content (AvgIpc) is 3.65. The molecular formula is C53H50N3OPt-. The summed E-state index contributed by atoms with van der Waals surface area (Å²) in [4.78, 5) is 10.1. The zero-order valence-electron chi connectivity index (χ0n) is 44.8. The second-order valence-electron chi connectivity index (χ2n) is 15.7. The molecule has 0 saturated heterocycles. The molecule has 0 atom stereocenters. The van der Waals surface area contributed by atoms with Gasteiger partial charge in [0.1, 0.15) is 11.6 Å². The van der Waals surface area contributed by atoms with Crippen molar-refractivity contribution in [3.8, 4) is 67.5 Å². The summed E-state index contributed by atoms with van der Waals surface area (Å²) in [5.74, 6) is 0.289. The number of hydrogen-bond donors (Lipinski definition) is 1. The number of fused-ring (bicyclic) bond motifs is 1. The van der Waals surface area contributed by atoms with Crippen molar-refractivity contribution in [3.63, 3.8) is 0 Å². The number of aromatic nitrogens is 3. The van der Waals surface area contributed by atoms with Gasteiger partial charge in [-0.05, 0) is 95.2 Å². The first-order chi connectivity index (χ1) is 32.1. The summed E-state index contributed by atoms with van der Waals surface area (Å²) in [6.07, 6.45) is 1.71. The van der Waals surface area contributed by atoms with Crippen molar-refractivity contribution in [2.75, 3.05) is 0 Å². The van der Waals surface area contributed by atoms with Gasteiger partial charge in [0.25, 0.3) is 0 Å². The molecule has 0 saturated carbocycles. The number of aromatic hydroxyl groups is 1. The Labute approximate surface area is 374 Å². The van der Waals surface area contributed by atoms with Gasteiger partial charge >= 0.3 is 0 Å². The predicted octanol–water partition coefficient (Wildman–Crippen LogP) is 13.8. The third-order valence-electron chi connectivity index (χ3n) is 10.4. The molecule has 0 radical (unpaired) electrons. The zero-order chi connectivity index (χ0) is 50.2. The Kier molecular flexibility index (Phi) is 7.54. The molecule has 8 aromatic rings. The molecule has 0 bridgehead atoms. The molecule has 0 amide bonds. The number of phenolic OH excluding ortho intramolecular Hbond substituents is 1. The van der Waals surface area contributed by atoms with Crippen LogP contribution in [0.25, 0.3) is 72.7 Å². The number of nitrogens with zero attached hydrogens (tertiary/aromatic N) is 3. The van der Waals surface area contributed by atoms with Crippen molar-refractivity contribution < 1.29 is 42.6 Å². The smallest absolute Gasteiger partial charge is 0.148 e. The Morgan fingerprint density at radius 2 is 1.40 bits per heavy atom. The zero-order valence-corrected chi connectivity index (χ0v) is 35.1. The predicted molar refractivity (Wildman–Crippen MR) is 238 cm³/mol. The van der Waals surface area contributed by atoms with Gasteiger partial charge in [-0.2, -0.15) is 0 Å². The molecule has 0 spiro atoms. The third-order valence-corrected chi connectivity index (χ3v) is 10.4. The molecule has 58 heavy (non-hydrogen) atoms. The van der Waals surface area contributed by atoms with Crippen molar-refractivity contribution in [1.82, 2.24) is 14.5 Å². The van der Waals surface area contributed by atoms with E-state index < -0.39 is 38.4 Å². The molecule has 8 rings (SSSR count). The summed E-state index contributed by atoms with van der Waals surface area (Å²) in [6.45, 7) is -2.70. The van der Waals surface area contributed by atoms with Gasteiger partial charge in [0.15, 0.2) is 0 Å². The first-order valence-corrected chi connectivity index (χ1v) is 18.8. The van der Waals surface area contributed by atoms with Crippen LogP contribution >= 0.6 is 0 Å². The molecule has 0 aliphatic heterocycles. The van der Waals surface area contributed by atoms with Gasteiger partial charge in [-0.25, -0.2) is 4.98 Å². The van der Waals surface area contributed by atoms with E-state index in [0.29, 0.717) is 67.2 Å². The van der Waals surface area contributed by atoms with E-state index in [0.717, 1.165) is 22.3 Å². The van der Waals surface area contributed by atoms with E-state index >= 15 is 0 Å². The molecule has 6 aromatic carbocycles. The van der Waals surface area contributed by atoms with E-state index in [1.54, 1.807) is 67.7 Å². The fourth-order valence-corrected chi connectivity index (χ4v) is 7.39. The first-order valence-electron chi connectivity index (χ1n) is 24.8. The second kappa shape index (κ2) is 15.6. The first kappa shape index (κ1) is 28.0. The summed E-state index contributed by atoms with van der Waals surface area (Å²) in [7, 11) is 0. The van der Waals surface area contributed by atoms with Crippen LogP contribution in [0, 0.1) is 26.8 Å². The average molecular weight is 952 g/mol. The maximum atomic E-state index is 11.8. The Bertz CT molecular complexity index is 3200. The van der Waals surface area contributed by atoms with Crippen molar-refractivity contribution in [2.45, 2.75) is 72.9 Å². The fourth-order valence-electron chi connectivity index (χ4n) is 7.39. The van der Waals surface area contributed by atoms with Gasteiger partial charge in [-0.1, -0.05) is 143 Å². The number of imidazole rings is 1. The minimum Gasteiger partial charge on any atom is -0.507 e. The molecule has 5 heteroatoms. The fraction of sp³-hybridized carbons (Fsp3) is 0.208. The molecule has 0 aliphatic carbocycles. The number of phenols is 1. The molecule has 2 aromatic heterocycles. The van der Waals surface area contributed by atoms with Crippen molar-refractivity contribution in [1.29, 1.82) is 0 Å². The van der Waals surface area contributed by atoms with Crippen LogP contribution in [0.4, 0.5) is 0 Å². The molecule has 0 unspecified atom stereocenters. The van der Waals surface area contributed by atoms with Crippen LogP contribution in [0.2, 0.25) is 0 Å². The van der Waals surface area contributed by atoms with Crippen LogP contribution in [0.3, 0.4) is 0 Å². The number of rotatable bonds is 6. The number of hydrogen-bond acceptors (Lipinski definition) is 3. The van der Waals surface area contributed by atoms with E-state index in [-0.39, 0.29) is 37.8 Å². The quantitative estimate of drug-likeness (QED) is 0.169. The number of pyridine rings is 1. The minimum absolute atomic E-state index is 0. The molecule has 0 aliphatic rings. The molecule has 1 N–H and O–H groups in total. The second-order valence-corrected chi connectivity index (χ2v) is 15.7. The Balaban J connectivity index is 0.00000722. The van der Waals surface area contributed by atoms with Crippen LogP contribution in [0.15, 0.2) is 134 Å². The number of benzene rings is 6. The van der Waals surface area contributed by atoms with E-state index in [2.05, 4.69) is 39.0 Å². The summed E-state index contributed by atoms with van der Waals surface area (Å²) in [6, 6.07) is 40.7. The normalized spacial score (nSPS) is 15.7. The minimum atomic E-state index is -3.49. The summed E-state index contributed by atoms with van der Waals surface area (Å²) < 4.78 is 102. The van der Waals surface area contributed by atoms with E-state index in [1.165, 1.54) is 18.2 Å². The summed E-state index contributed by atoms with van der Waals surface area (Å²) >= 11 is 0. The van der Waals surface area contributed by atoms with E-state index in [4.69, 9.17) is 26.4 Å². The topological polar surface area (TPSA) is 50.9 Å². The van der Waals surface area contributed by atoms with Gasteiger partial charge in [0.05, 0.1) is 22.3 Å². The molecule has 0 fully saturated rings. The van der Waals surface area contributed by atoms with Crippen LogP contribution in [-0.2, 0) is 31.9 Å². The Morgan fingerprint density at radius 1 is 0.638 bits per heavy atom. The van der Waals surface area contributed by atoms with Crippen LogP contribution in [0.5, 0.6) is 5.75 Å². The molecular weight excluding hydrogens is 890 g/mol. The molecule has 2 heterocycles. The van der Waals surface area contributed by atoms with Gasteiger partial charge < -0.3 is 5.11 Å². The molecule has 294 valence electrons. The SMILES string of the molecule is [2H]C([2H])([2H])c1ccc(-c2ccnc(-c3[c-]c(-c4cccc5c4nc(-c4cc(C)cc(C)c4O)n5-c4ccc(C(C([2H])([2H])[2H])(C([2H])([2H])[2H])C([2H])([2H])[2H])cc4-c4ccccc4)cc(C(C)(C)C)c3)c2)cc1.[Pt]. The maximum absolute atomic E-state index is 11.8. The number of para-hydroxylation sites is 1. The van der Waals surface area contributed by atoms with Gasteiger partial charge in [0, 0.05) is 55.0 Å². The van der Waals surface area contributed by atoms with Crippen molar-refractivity contribution in [2.24, 2.45) is 0 Å². The van der Waals surface area contributed by atoms with Crippen molar-refractivity contribution >= 4 is 11.0 Å². The van der Waals surface area contributed by atoms with Crippen molar-refractivity contribution in [3.05, 3.63) is 167 Å². The Morgan fingerprint density at radius 3 is 2.12 bits per heavy atom. The summed E-state index contributed by atoms with van der Waals surface area (Å²) in [5.41, 5.74) is 5.76. The molecule has 4 nitrogen and oxygen atoms in total. The van der Waals surface area contributed by atoms with Gasteiger partial charge in [-0.3, -0.25) is 9.55 Å². The van der Waals surface area contributed by atoms with Crippen LogP contribution in [0.1, 0.15) is 85.6 Å². The van der Waals surface area contributed by atoms with E-state index in [1.807, 2.05) is 54.0 Å².